The van der Waals surface area contributed by atoms with Crippen LogP contribution in [-0.2, 0) is 11.3 Å². The van der Waals surface area contributed by atoms with Crippen LogP contribution in [0.5, 0.6) is 0 Å². The number of nitrogens with zero attached hydrogens (tertiary/aromatic N) is 1. The summed E-state index contributed by atoms with van der Waals surface area (Å²) in [4.78, 5) is 16.4. The molecule has 1 saturated heterocycles. The molecule has 1 amide bonds. The zero-order valence-electron chi connectivity index (χ0n) is 12.8. The van der Waals surface area contributed by atoms with Crippen molar-refractivity contribution in [3.63, 3.8) is 0 Å². The lowest BCUT2D eigenvalue weighted by molar-refractivity contribution is -0.131. The third kappa shape index (κ3) is 4.87. The highest BCUT2D eigenvalue weighted by Gasteiger charge is 2.27. The van der Waals surface area contributed by atoms with E-state index in [0.29, 0.717) is 19.4 Å². The number of carbonyl (C=O) groups excluding carboxylic acids is 1. The largest absolute Gasteiger partial charge is 0.395 e. The summed E-state index contributed by atoms with van der Waals surface area (Å²) in [5, 5.41) is 8.72. The first-order chi connectivity index (χ1) is 10.00. The van der Waals surface area contributed by atoms with E-state index in [4.69, 9.17) is 5.11 Å². The Morgan fingerprint density at radius 1 is 1.38 bits per heavy atom. The summed E-state index contributed by atoms with van der Waals surface area (Å²) in [6.07, 6.45) is 3.20. The number of likely N-dealkylation sites (tertiary alicyclic amines) is 1. The molecule has 1 N–H and O–H groups in total. The quantitative estimate of drug-likeness (QED) is 0.872. The van der Waals surface area contributed by atoms with Gasteiger partial charge in [0.1, 0.15) is 0 Å². The molecular formula is C17H23NO2S. The Kier molecular flexibility index (Phi) is 5.44. The van der Waals surface area contributed by atoms with Gasteiger partial charge in [-0.2, -0.15) is 0 Å². The van der Waals surface area contributed by atoms with Gasteiger partial charge in [-0.3, -0.25) is 4.79 Å². The Morgan fingerprint density at radius 2 is 2.19 bits per heavy atom. The van der Waals surface area contributed by atoms with E-state index < -0.39 is 0 Å². The minimum Gasteiger partial charge on any atom is -0.395 e. The van der Waals surface area contributed by atoms with Gasteiger partial charge in [-0.15, -0.1) is 11.3 Å². The van der Waals surface area contributed by atoms with Gasteiger partial charge >= 0.3 is 0 Å². The van der Waals surface area contributed by atoms with Gasteiger partial charge in [0.2, 0.25) is 5.91 Å². The number of thiophene rings is 1. The van der Waals surface area contributed by atoms with E-state index in [9.17, 15) is 4.79 Å². The molecule has 114 valence electrons. The van der Waals surface area contributed by atoms with Crippen LogP contribution in [-0.4, -0.2) is 29.1 Å². The van der Waals surface area contributed by atoms with Crippen molar-refractivity contribution in [3.05, 3.63) is 21.9 Å². The van der Waals surface area contributed by atoms with Gasteiger partial charge in [-0.05, 0) is 30.4 Å². The molecule has 3 nitrogen and oxygen atoms in total. The highest BCUT2D eigenvalue weighted by Crippen LogP contribution is 2.31. The number of hydrogen-bond donors (Lipinski definition) is 1. The molecule has 1 aromatic rings. The van der Waals surface area contributed by atoms with Crippen molar-refractivity contribution >= 4 is 17.2 Å². The maximum atomic E-state index is 12.2. The average Bonchev–Trinajstić information content (AvgIpc) is 2.84. The number of carbonyl (C=O) groups is 1. The highest BCUT2D eigenvalue weighted by atomic mass is 32.1. The molecule has 0 aromatic carbocycles. The van der Waals surface area contributed by atoms with Crippen LogP contribution in [0.2, 0.25) is 0 Å². The second-order valence-electron chi connectivity index (χ2n) is 6.27. The van der Waals surface area contributed by atoms with Crippen LogP contribution >= 0.6 is 11.3 Å². The van der Waals surface area contributed by atoms with Crippen LogP contribution in [0, 0.1) is 17.3 Å². The van der Waals surface area contributed by atoms with Crippen molar-refractivity contribution in [2.45, 2.75) is 46.1 Å². The first-order valence-electron chi connectivity index (χ1n) is 7.46. The maximum absolute atomic E-state index is 12.2. The molecule has 0 radical (unpaired) electrons. The molecule has 1 fully saturated rings. The number of hydrogen-bond acceptors (Lipinski definition) is 3. The van der Waals surface area contributed by atoms with Crippen molar-refractivity contribution in [2.24, 2.45) is 5.41 Å². The van der Waals surface area contributed by atoms with Crippen LogP contribution in [0.15, 0.2) is 12.1 Å². The smallest absolute Gasteiger partial charge is 0.222 e. The molecule has 0 aliphatic carbocycles. The molecule has 1 aliphatic heterocycles. The fourth-order valence-corrected chi connectivity index (χ4v) is 3.28. The molecule has 1 aromatic heterocycles. The molecule has 0 spiro atoms. The van der Waals surface area contributed by atoms with Gasteiger partial charge in [0.05, 0.1) is 18.0 Å². The van der Waals surface area contributed by atoms with Crippen molar-refractivity contribution < 1.29 is 9.90 Å². The molecule has 2 rings (SSSR count). The minimum atomic E-state index is 0.100. The summed E-state index contributed by atoms with van der Waals surface area (Å²) in [6, 6.07) is 4.05. The van der Waals surface area contributed by atoms with Crippen LogP contribution in [0.1, 0.15) is 49.3 Å². The average molecular weight is 305 g/mol. The summed E-state index contributed by atoms with van der Waals surface area (Å²) >= 11 is 1.64. The third-order valence-electron chi connectivity index (χ3n) is 3.88. The topological polar surface area (TPSA) is 40.5 Å². The minimum absolute atomic E-state index is 0.100. The summed E-state index contributed by atoms with van der Waals surface area (Å²) in [5.41, 5.74) is 0.265. The Hall–Kier alpha value is -1.31. The van der Waals surface area contributed by atoms with E-state index in [1.54, 1.807) is 11.3 Å². The second kappa shape index (κ2) is 7.11. The van der Waals surface area contributed by atoms with Crippen LogP contribution < -0.4 is 0 Å². The SMILES string of the molecule is CC1(C)CCC(=O)N(Cc2ccc(C#CCCO)s2)CC1. The highest BCUT2D eigenvalue weighted by molar-refractivity contribution is 7.12. The molecule has 0 unspecified atom stereocenters. The summed E-state index contributed by atoms with van der Waals surface area (Å²) in [7, 11) is 0. The third-order valence-corrected chi connectivity index (χ3v) is 4.87. The Balaban J connectivity index is 1.98. The maximum Gasteiger partial charge on any atom is 0.222 e. The first-order valence-corrected chi connectivity index (χ1v) is 8.28. The van der Waals surface area contributed by atoms with Crippen molar-refractivity contribution in [3.8, 4) is 11.8 Å². The van der Waals surface area contributed by atoms with Crippen LogP contribution in [0.25, 0.3) is 0 Å². The van der Waals surface area contributed by atoms with Gasteiger partial charge in [-0.25, -0.2) is 0 Å². The van der Waals surface area contributed by atoms with E-state index in [1.165, 1.54) is 4.88 Å². The van der Waals surface area contributed by atoms with Crippen molar-refractivity contribution in [1.82, 2.24) is 4.90 Å². The number of aliphatic hydroxyl groups excluding tert-OH is 1. The lowest BCUT2D eigenvalue weighted by atomic mass is 9.85. The monoisotopic (exact) mass is 305 g/mol. The summed E-state index contributed by atoms with van der Waals surface area (Å²) in [6.45, 7) is 6.12. The predicted octanol–water partition coefficient (Wildman–Crippen LogP) is 3.02. The lowest BCUT2D eigenvalue weighted by Crippen LogP contribution is -2.29. The number of amides is 1. The zero-order valence-corrected chi connectivity index (χ0v) is 13.6. The molecule has 4 heteroatoms. The second-order valence-corrected chi connectivity index (χ2v) is 7.44. The predicted molar refractivity (Wildman–Crippen MR) is 85.9 cm³/mol. The molecule has 0 atom stereocenters. The number of aliphatic hydroxyl groups is 1. The standard InChI is InChI=1S/C17H23NO2S/c1-17(2)9-8-16(20)18(11-10-17)13-15-7-6-14(21-15)5-3-4-12-19/h6-7,19H,4,8-13H2,1-2H3. The molecule has 21 heavy (non-hydrogen) atoms. The van der Waals surface area contributed by atoms with Gasteiger partial charge in [0.15, 0.2) is 0 Å². The van der Waals surface area contributed by atoms with Crippen molar-refractivity contribution in [2.75, 3.05) is 13.2 Å². The molecular weight excluding hydrogens is 282 g/mol. The Morgan fingerprint density at radius 3 is 2.95 bits per heavy atom. The normalized spacial score (nSPS) is 18.0. The molecule has 0 bridgehead atoms. The fraction of sp³-hybridized carbons (Fsp3) is 0.588. The van der Waals surface area contributed by atoms with E-state index >= 15 is 0 Å². The van der Waals surface area contributed by atoms with Gasteiger partial charge in [0, 0.05) is 24.3 Å². The van der Waals surface area contributed by atoms with Gasteiger partial charge in [-0.1, -0.05) is 25.7 Å². The Labute approximate surface area is 131 Å². The van der Waals surface area contributed by atoms with E-state index in [2.05, 4.69) is 31.8 Å². The summed E-state index contributed by atoms with van der Waals surface area (Å²) < 4.78 is 0. The molecule has 1 aliphatic rings. The Bertz CT molecular complexity index is 551. The molecule has 0 saturated carbocycles. The van der Waals surface area contributed by atoms with Gasteiger partial charge in [0.25, 0.3) is 0 Å². The lowest BCUT2D eigenvalue weighted by Gasteiger charge is -2.23. The van der Waals surface area contributed by atoms with E-state index in [1.807, 2.05) is 11.0 Å². The zero-order chi connectivity index (χ0) is 15.3. The first kappa shape index (κ1) is 16.1. The fourth-order valence-electron chi connectivity index (χ4n) is 2.38. The van der Waals surface area contributed by atoms with Crippen LogP contribution in [0.4, 0.5) is 0 Å². The van der Waals surface area contributed by atoms with Crippen molar-refractivity contribution in [1.29, 1.82) is 0 Å². The van der Waals surface area contributed by atoms with Crippen LogP contribution in [0.3, 0.4) is 0 Å². The summed E-state index contributed by atoms with van der Waals surface area (Å²) in [5.74, 6) is 6.24. The van der Waals surface area contributed by atoms with Gasteiger partial charge < -0.3 is 10.0 Å². The molecule has 2 heterocycles. The number of rotatable bonds is 3. The van der Waals surface area contributed by atoms with E-state index in [0.717, 1.165) is 24.3 Å². The van der Waals surface area contributed by atoms with E-state index in [-0.39, 0.29) is 17.9 Å².